The summed E-state index contributed by atoms with van der Waals surface area (Å²) in [5.41, 5.74) is 2.26. The number of benzene rings is 1. The Morgan fingerprint density at radius 2 is 1.89 bits per heavy atom. The molecule has 1 aromatic heterocycles. The van der Waals surface area contributed by atoms with E-state index in [2.05, 4.69) is 10.3 Å². The van der Waals surface area contributed by atoms with E-state index in [4.69, 9.17) is 16.7 Å². The largest absolute Gasteiger partial charge is 0.392 e. The monoisotopic (exact) mass is 280 g/mol. The first kappa shape index (κ1) is 13.9. The van der Waals surface area contributed by atoms with Crippen molar-refractivity contribution in [2.24, 2.45) is 0 Å². The molecule has 0 saturated heterocycles. The van der Waals surface area contributed by atoms with Gasteiger partial charge < -0.3 is 10.4 Å². The average molecular weight is 281 g/mol. The van der Waals surface area contributed by atoms with Crippen LogP contribution in [0.5, 0.6) is 0 Å². The lowest BCUT2D eigenvalue weighted by atomic mass is 10.1. The van der Waals surface area contributed by atoms with E-state index < -0.39 is 0 Å². The van der Waals surface area contributed by atoms with Gasteiger partial charge >= 0.3 is 0 Å². The summed E-state index contributed by atoms with van der Waals surface area (Å²) in [6, 6.07) is 8.35. The number of aliphatic hydroxyl groups is 1. The molecule has 0 aliphatic rings. The van der Waals surface area contributed by atoms with Crippen LogP contribution < -0.4 is 5.32 Å². The Morgan fingerprint density at radius 3 is 2.58 bits per heavy atom. The number of halogens is 2. The minimum atomic E-state index is -0.381. The second-order valence-electron chi connectivity index (χ2n) is 4.18. The summed E-state index contributed by atoms with van der Waals surface area (Å²) in [5, 5.41) is 12.7. The molecule has 100 valence electrons. The second-order valence-corrected chi connectivity index (χ2v) is 4.56. The van der Waals surface area contributed by atoms with Gasteiger partial charge in [0.25, 0.3) is 0 Å². The molecule has 2 rings (SSSR count). The zero-order valence-electron chi connectivity index (χ0n) is 10.2. The molecule has 0 unspecified atom stereocenters. The first-order chi connectivity index (χ1) is 9.19. The fraction of sp³-hybridized carbons (Fsp3) is 0.214. The van der Waals surface area contributed by atoms with Gasteiger partial charge in [-0.1, -0.05) is 23.7 Å². The zero-order valence-corrected chi connectivity index (χ0v) is 11.0. The predicted molar refractivity (Wildman–Crippen MR) is 72.1 cm³/mol. The maximum absolute atomic E-state index is 13.2. The van der Waals surface area contributed by atoms with Crippen LogP contribution in [0.2, 0.25) is 5.15 Å². The van der Waals surface area contributed by atoms with Crippen LogP contribution in [0.15, 0.2) is 36.5 Å². The molecule has 2 aromatic rings. The van der Waals surface area contributed by atoms with Gasteiger partial charge in [-0.15, -0.1) is 0 Å². The van der Waals surface area contributed by atoms with Crippen LogP contribution in [-0.2, 0) is 19.7 Å². The van der Waals surface area contributed by atoms with E-state index in [-0.39, 0.29) is 12.4 Å². The lowest BCUT2D eigenvalue weighted by molar-refractivity contribution is 0.275. The molecule has 1 aromatic carbocycles. The fourth-order valence-electron chi connectivity index (χ4n) is 1.72. The molecule has 19 heavy (non-hydrogen) atoms. The highest BCUT2D eigenvalue weighted by atomic mass is 35.5. The highest BCUT2D eigenvalue weighted by Crippen LogP contribution is 2.11. The summed E-state index contributed by atoms with van der Waals surface area (Å²) in [7, 11) is 0. The van der Waals surface area contributed by atoms with Crippen molar-refractivity contribution in [2.75, 3.05) is 0 Å². The predicted octanol–water partition coefficient (Wildman–Crippen LogP) is 2.66. The standard InChI is InChI=1S/C14H14ClFN2O/c15-14-4-2-11(8-18-14)7-17-6-10-1-3-13(16)12(5-10)9-19/h1-5,8,17,19H,6-7,9H2. The Bertz CT molecular complexity index is 546. The molecule has 2 N–H and O–H groups in total. The molecule has 0 bridgehead atoms. The number of pyridine rings is 1. The molecule has 0 amide bonds. The maximum atomic E-state index is 13.2. The Balaban J connectivity index is 1.90. The highest BCUT2D eigenvalue weighted by Gasteiger charge is 2.02. The topological polar surface area (TPSA) is 45.1 Å². The summed E-state index contributed by atoms with van der Waals surface area (Å²) in [4.78, 5) is 3.99. The molecule has 0 atom stereocenters. The summed E-state index contributed by atoms with van der Waals surface area (Å²) < 4.78 is 13.2. The van der Waals surface area contributed by atoms with Gasteiger partial charge in [0.15, 0.2) is 0 Å². The third-order valence-corrected chi connectivity index (χ3v) is 2.95. The number of nitrogens with one attached hydrogen (secondary N) is 1. The number of nitrogens with zero attached hydrogens (tertiary/aromatic N) is 1. The van der Waals surface area contributed by atoms with Gasteiger partial charge in [0.2, 0.25) is 0 Å². The van der Waals surface area contributed by atoms with Crippen molar-refractivity contribution in [3.63, 3.8) is 0 Å². The van der Waals surface area contributed by atoms with E-state index in [0.717, 1.165) is 11.1 Å². The van der Waals surface area contributed by atoms with Crippen molar-refractivity contribution >= 4 is 11.6 Å². The van der Waals surface area contributed by atoms with Gasteiger partial charge in [-0.2, -0.15) is 0 Å². The van der Waals surface area contributed by atoms with E-state index in [0.29, 0.717) is 23.8 Å². The molecule has 0 saturated carbocycles. The average Bonchev–Trinajstić information content (AvgIpc) is 2.43. The van der Waals surface area contributed by atoms with Gasteiger partial charge in [-0.3, -0.25) is 0 Å². The van der Waals surface area contributed by atoms with Crippen LogP contribution in [0.3, 0.4) is 0 Å². The number of hydrogen-bond donors (Lipinski definition) is 2. The Labute approximate surface area is 116 Å². The molecule has 3 nitrogen and oxygen atoms in total. The molecule has 5 heteroatoms. The Hall–Kier alpha value is -1.49. The summed E-state index contributed by atoms with van der Waals surface area (Å²) in [5.74, 6) is -0.381. The highest BCUT2D eigenvalue weighted by molar-refractivity contribution is 6.29. The molecular formula is C14H14ClFN2O. The molecule has 0 aliphatic heterocycles. The first-order valence-corrected chi connectivity index (χ1v) is 6.26. The zero-order chi connectivity index (χ0) is 13.7. The molecule has 0 aliphatic carbocycles. The van der Waals surface area contributed by atoms with E-state index in [1.54, 1.807) is 24.4 Å². The van der Waals surface area contributed by atoms with E-state index >= 15 is 0 Å². The third kappa shape index (κ3) is 3.99. The first-order valence-electron chi connectivity index (χ1n) is 5.88. The van der Waals surface area contributed by atoms with Gasteiger partial charge in [-0.05, 0) is 29.3 Å². The Kier molecular flexibility index (Phi) is 4.85. The number of hydrogen-bond acceptors (Lipinski definition) is 3. The van der Waals surface area contributed by atoms with Crippen molar-refractivity contribution in [1.29, 1.82) is 0 Å². The van der Waals surface area contributed by atoms with Crippen molar-refractivity contribution in [2.45, 2.75) is 19.7 Å². The van der Waals surface area contributed by atoms with Gasteiger partial charge in [0.05, 0.1) is 6.61 Å². The quantitative estimate of drug-likeness (QED) is 0.828. The van der Waals surface area contributed by atoms with Crippen LogP contribution >= 0.6 is 11.6 Å². The SMILES string of the molecule is OCc1cc(CNCc2ccc(Cl)nc2)ccc1F. The van der Waals surface area contributed by atoms with E-state index in [1.807, 2.05) is 6.07 Å². The van der Waals surface area contributed by atoms with Gasteiger partial charge in [0, 0.05) is 24.8 Å². The van der Waals surface area contributed by atoms with Crippen molar-refractivity contribution < 1.29 is 9.50 Å². The normalized spacial score (nSPS) is 10.7. The number of aliphatic hydroxyl groups excluding tert-OH is 1. The summed E-state index contributed by atoms with van der Waals surface area (Å²) in [6.07, 6.45) is 1.71. The van der Waals surface area contributed by atoms with Gasteiger partial charge in [-0.25, -0.2) is 9.37 Å². The Morgan fingerprint density at radius 1 is 1.16 bits per heavy atom. The minimum Gasteiger partial charge on any atom is -0.392 e. The smallest absolute Gasteiger partial charge is 0.129 e. The molecule has 1 heterocycles. The summed E-state index contributed by atoms with van der Waals surface area (Å²) >= 11 is 5.70. The summed E-state index contributed by atoms with van der Waals surface area (Å²) in [6.45, 7) is 0.951. The van der Waals surface area contributed by atoms with Crippen molar-refractivity contribution in [1.82, 2.24) is 10.3 Å². The van der Waals surface area contributed by atoms with Crippen molar-refractivity contribution in [3.8, 4) is 0 Å². The number of rotatable bonds is 5. The van der Waals surface area contributed by atoms with E-state index in [9.17, 15) is 4.39 Å². The van der Waals surface area contributed by atoms with Crippen molar-refractivity contribution in [3.05, 3.63) is 64.2 Å². The second kappa shape index (κ2) is 6.61. The van der Waals surface area contributed by atoms with Crippen LogP contribution in [-0.4, -0.2) is 10.1 Å². The molecular weight excluding hydrogens is 267 g/mol. The lowest BCUT2D eigenvalue weighted by Crippen LogP contribution is -2.13. The van der Waals surface area contributed by atoms with Crippen LogP contribution in [0.25, 0.3) is 0 Å². The third-order valence-electron chi connectivity index (χ3n) is 2.73. The van der Waals surface area contributed by atoms with Crippen LogP contribution in [0.4, 0.5) is 4.39 Å². The van der Waals surface area contributed by atoms with Crippen LogP contribution in [0, 0.1) is 5.82 Å². The molecule has 0 spiro atoms. The molecule has 0 radical (unpaired) electrons. The maximum Gasteiger partial charge on any atom is 0.129 e. The van der Waals surface area contributed by atoms with E-state index in [1.165, 1.54) is 6.07 Å². The minimum absolute atomic E-state index is 0.291. The lowest BCUT2D eigenvalue weighted by Gasteiger charge is -2.07. The van der Waals surface area contributed by atoms with Crippen LogP contribution in [0.1, 0.15) is 16.7 Å². The molecule has 0 fully saturated rings. The number of aromatic nitrogens is 1. The van der Waals surface area contributed by atoms with Gasteiger partial charge in [0.1, 0.15) is 11.0 Å². The fourth-order valence-corrected chi connectivity index (χ4v) is 1.83.